The van der Waals surface area contributed by atoms with Crippen molar-refractivity contribution in [3.8, 4) is 0 Å². The Hall–Kier alpha value is -0.570. The smallest absolute Gasteiger partial charge is 0.263 e. The molecule has 2 N–H and O–H groups in total. The molecule has 0 radical (unpaired) electrons. The van der Waals surface area contributed by atoms with E-state index in [0.717, 1.165) is 5.75 Å². The quantitative estimate of drug-likeness (QED) is 0.859. The largest absolute Gasteiger partial charge is 0.392 e. The first kappa shape index (κ1) is 14.8. The molecule has 108 valence electrons. The molecule has 1 aliphatic rings. The summed E-state index contributed by atoms with van der Waals surface area (Å²) in [7, 11) is -3.65. The highest BCUT2D eigenvalue weighted by molar-refractivity contribution is 8.00. The summed E-state index contributed by atoms with van der Waals surface area (Å²) in [5.74, 6) is 0.780. The minimum absolute atomic E-state index is 0.0431. The van der Waals surface area contributed by atoms with E-state index in [-0.39, 0.29) is 22.9 Å². The SMILES string of the molecule is Cc1[nH]nc(S(=O)(=O)N2CCSC(C)C2C)c1CO. The second kappa shape index (κ2) is 5.43. The molecule has 1 aliphatic heterocycles. The first-order chi connectivity index (χ1) is 8.89. The number of sulfonamides is 1. The Morgan fingerprint density at radius 2 is 2.21 bits per heavy atom. The van der Waals surface area contributed by atoms with Crippen molar-refractivity contribution in [2.45, 2.75) is 43.7 Å². The zero-order valence-electron chi connectivity index (χ0n) is 11.3. The lowest BCUT2D eigenvalue weighted by Crippen LogP contribution is -2.48. The van der Waals surface area contributed by atoms with E-state index < -0.39 is 10.0 Å². The monoisotopic (exact) mass is 305 g/mol. The van der Waals surface area contributed by atoms with Crippen molar-refractivity contribution in [3.63, 3.8) is 0 Å². The van der Waals surface area contributed by atoms with Gasteiger partial charge in [-0.3, -0.25) is 5.10 Å². The fourth-order valence-electron chi connectivity index (χ4n) is 2.19. The lowest BCUT2D eigenvalue weighted by Gasteiger charge is -2.35. The van der Waals surface area contributed by atoms with Gasteiger partial charge in [0, 0.05) is 34.8 Å². The van der Waals surface area contributed by atoms with Crippen LogP contribution in [0.1, 0.15) is 25.1 Å². The topological polar surface area (TPSA) is 86.3 Å². The maximum absolute atomic E-state index is 12.7. The van der Waals surface area contributed by atoms with Gasteiger partial charge < -0.3 is 5.11 Å². The van der Waals surface area contributed by atoms with Gasteiger partial charge in [0.1, 0.15) is 0 Å². The van der Waals surface area contributed by atoms with Gasteiger partial charge in [0.25, 0.3) is 10.0 Å². The number of aliphatic hydroxyl groups is 1. The van der Waals surface area contributed by atoms with Crippen molar-refractivity contribution in [2.75, 3.05) is 12.3 Å². The number of nitrogens with one attached hydrogen (secondary N) is 1. The Kier molecular flexibility index (Phi) is 4.24. The molecular formula is C11H19N3O3S2. The molecule has 0 spiro atoms. The van der Waals surface area contributed by atoms with Crippen LogP contribution in [0.5, 0.6) is 0 Å². The molecule has 2 unspecified atom stereocenters. The van der Waals surface area contributed by atoms with Gasteiger partial charge in [-0.2, -0.15) is 21.2 Å². The molecule has 1 saturated heterocycles. The van der Waals surface area contributed by atoms with Gasteiger partial charge in [-0.15, -0.1) is 0 Å². The molecule has 0 bridgehead atoms. The maximum atomic E-state index is 12.7. The third-order valence-electron chi connectivity index (χ3n) is 3.57. The Morgan fingerprint density at radius 3 is 2.84 bits per heavy atom. The molecule has 19 heavy (non-hydrogen) atoms. The summed E-state index contributed by atoms with van der Waals surface area (Å²) in [5.41, 5.74) is 0.950. The van der Waals surface area contributed by atoms with E-state index in [0.29, 0.717) is 17.8 Å². The molecule has 1 aromatic heterocycles. The molecule has 0 aromatic carbocycles. The molecule has 0 amide bonds. The van der Waals surface area contributed by atoms with Crippen LogP contribution in [0, 0.1) is 6.92 Å². The summed E-state index contributed by atoms with van der Waals surface area (Å²) in [5, 5.41) is 16.0. The second-order valence-corrected chi connectivity index (χ2v) is 8.01. The number of H-pyrrole nitrogens is 1. The minimum atomic E-state index is -3.65. The molecule has 1 fully saturated rings. The summed E-state index contributed by atoms with van der Waals surface area (Å²) in [4.78, 5) is 0. The van der Waals surface area contributed by atoms with Gasteiger partial charge in [0.05, 0.1) is 6.61 Å². The molecule has 2 heterocycles. The summed E-state index contributed by atoms with van der Waals surface area (Å²) in [6.07, 6.45) is 0. The zero-order valence-corrected chi connectivity index (χ0v) is 12.9. The Bertz CT molecular complexity index is 556. The molecule has 8 heteroatoms. The van der Waals surface area contributed by atoms with Crippen LogP contribution in [0.25, 0.3) is 0 Å². The van der Waals surface area contributed by atoms with E-state index in [1.54, 1.807) is 18.7 Å². The van der Waals surface area contributed by atoms with Crippen LogP contribution < -0.4 is 0 Å². The van der Waals surface area contributed by atoms with Crippen LogP contribution in [0.4, 0.5) is 0 Å². The minimum Gasteiger partial charge on any atom is -0.392 e. The van der Waals surface area contributed by atoms with E-state index in [1.165, 1.54) is 4.31 Å². The number of aromatic amines is 1. The van der Waals surface area contributed by atoms with Crippen molar-refractivity contribution in [3.05, 3.63) is 11.3 Å². The van der Waals surface area contributed by atoms with E-state index in [9.17, 15) is 13.5 Å². The highest BCUT2D eigenvalue weighted by Gasteiger charge is 2.37. The average Bonchev–Trinajstić information content (AvgIpc) is 2.74. The fraction of sp³-hybridized carbons (Fsp3) is 0.727. The van der Waals surface area contributed by atoms with Gasteiger partial charge in [0.2, 0.25) is 0 Å². The maximum Gasteiger partial charge on any atom is 0.263 e. The lowest BCUT2D eigenvalue weighted by molar-refractivity contribution is 0.276. The van der Waals surface area contributed by atoms with Crippen LogP contribution in [0.3, 0.4) is 0 Å². The number of thioether (sulfide) groups is 1. The Morgan fingerprint density at radius 1 is 1.53 bits per heavy atom. The van der Waals surface area contributed by atoms with Gasteiger partial charge in [-0.25, -0.2) is 8.42 Å². The molecule has 0 saturated carbocycles. The third kappa shape index (κ3) is 2.54. The molecule has 6 nitrogen and oxygen atoms in total. The number of rotatable bonds is 3. The second-order valence-electron chi connectivity index (χ2n) is 4.72. The summed E-state index contributed by atoms with van der Waals surface area (Å²) in [6, 6.07) is -0.0766. The van der Waals surface area contributed by atoms with Crippen LogP contribution >= 0.6 is 11.8 Å². The number of hydrogen-bond donors (Lipinski definition) is 2. The average molecular weight is 305 g/mol. The molecular weight excluding hydrogens is 286 g/mol. The Balaban J connectivity index is 2.41. The number of aromatic nitrogens is 2. The van der Waals surface area contributed by atoms with Crippen LogP contribution in [0.2, 0.25) is 0 Å². The van der Waals surface area contributed by atoms with E-state index in [4.69, 9.17) is 0 Å². The van der Waals surface area contributed by atoms with Crippen molar-refractivity contribution in [2.24, 2.45) is 0 Å². The van der Waals surface area contributed by atoms with Gasteiger partial charge in [-0.1, -0.05) is 6.92 Å². The highest BCUT2D eigenvalue weighted by Crippen LogP contribution is 2.30. The normalized spacial score (nSPS) is 25.7. The lowest BCUT2D eigenvalue weighted by atomic mass is 10.2. The van der Waals surface area contributed by atoms with E-state index in [1.807, 2.05) is 13.8 Å². The third-order valence-corrected chi connectivity index (χ3v) is 6.87. The van der Waals surface area contributed by atoms with Crippen LogP contribution in [0.15, 0.2) is 5.03 Å². The summed E-state index contributed by atoms with van der Waals surface area (Å²) < 4.78 is 26.8. The summed E-state index contributed by atoms with van der Waals surface area (Å²) in [6.45, 7) is 5.79. The first-order valence-corrected chi connectivity index (χ1v) is 8.66. The van der Waals surface area contributed by atoms with Gasteiger partial charge >= 0.3 is 0 Å². The van der Waals surface area contributed by atoms with Crippen molar-refractivity contribution < 1.29 is 13.5 Å². The predicted octanol–water partition coefficient (Wildman–Crippen LogP) is 0.725. The van der Waals surface area contributed by atoms with Crippen molar-refractivity contribution >= 4 is 21.8 Å². The zero-order chi connectivity index (χ0) is 14.2. The number of aryl methyl sites for hydroxylation is 1. The van der Waals surface area contributed by atoms with E-state index in [2.05, 4.69) is 10.2 Å². The van der Waals surface area contributed by atoms with Crippen molar-refractivity contribution in [1.82, 2.24) is 14.5 Å². The molecule has 2 atom stereocenters. The first-order valence-electron chi connectivity index (χ1n) is 6.17. The fourth-order valence-corrected chi connectivity index (χ4v) is 5.34. The van der Waals surface area contributed by atoms with Gasteiger partial charge in [0.15, 0.2) is 5.03 Å². The van der Waals surface area contributed by atoms with Crippen molar-refractivity contribution in [1.29, 1.82) is 0 Å². The number of aliphatic hydroxyl groups excluding tert-OH is 1. The summed E-state index contributed by atoms with van der Waals surface area (Å²) >= 11 is 1.77. The van der Waals surface area contributed by atoms with Crippen LogP contribution in [-0.2, 0) is 16.6 Å². The highest BCUT2D eigenvalue weighted by atomic mass is 32.2. The number of nitrogens with zero attached hydrogens (tertiary/aromatic N) is 2. The number of hydrogen-bond acceptors (Lipinski definition) is 5. The molecule has 1 aromatic rings. The standard InChI is InChI=1S/C11H19N3O3S2/c1-7-10(6-15)11(13-12-7)19(16,17)14-4-5-18-9(3)8(14)2/h8-9,15H,4-6H2,1-3H3,(H,12,13). The predicted molar refractivity (Wildman–Crippen MR) is 74.5 cm³/mol. The Labute approximate surface area is 117 Å². The van der Waals surface area contributed by atoms with Crippen LogP contribution in [-0.4, -0.2) is 51.6 Å². The van der Waals surface area contributed by atoms with E-state index >= 15 is 0 Å². The van der Waals surface area contributed by atoms with Gasteiger partial charge in [-0.05, 0) is 13.8 Å². The molecule has 2 rings (SSSR count). The molecule has 0 aliphatic carbocycles.